The smallest absolute Gasteiger partial charge is 0.261 e. The molecule has 3 amide bonds. The maximum absolute atomic E-state index is 12.4. The second kappa shape index (κ2) is 6.38. The summed E-state index contributed by atoms with van der Waals surface area (Å²) in [6, 6.07) is 10.8. The summed E-state index contributed by atoms with van der Waals surface area (Å²) < 4.78 is 22.8. The number of amides is 3. The monoisotopic (exact) mass is 372 g/mol. The van der Waals surface area contributed by atoms with E-state index < -0.39 is 21.7 Å². The fourth-order valence-electron chi connectivity index (χ4n) is 2.75. The molecule has 0 unspecified atom stereocenters. The van der Waals surface area contributed by atoms with Crippen LogP contribution in [0.4, 0.5) is 5.69 Å². The summed E-state index contributed by atoms with van der Waals surface area (Å²) in [4.78, 5) is 37.3. The minimum atomic E-state index is -3.21. The molecule has 0 saturated carbocycles. The number of hydrogen-bond donors (Lipinski definition) is 1. The summed E-state index contributed by atoms with van der Waals surface area (Å²) in [5.74, 6) is -1.39. The molecule has 3 rings (SSSR count). The molecule has 0 saturated heterocycles. The van der Waals surface area contributed by atoms with Gasteiger partial charge in [0.2, 0.25) is 0 Å². The molecule has 0 fully saturated rings. The first-order valence-corrected chi connectivity index (χ1v) is 9.76. The molecular formula is C18H16N2O5S. The first-order chi connectivity index (χ1) is 12.2. The average molecular weight is 372 g/mol. The summed E-state index contributed by atoms with van der Waals surface area (Å²) in [6.07, 6.45) is 1.12. The largest absolute Gasteiger partial charge is 0.322 e. The van der Waals surface area contributed by atoms with Crippen molar-refractivity contribution in [1.29, 1.82) is 0 Å². The quantitative estimate of drug-likeness (QED) is 0.824. The Morgan fingerprint density at radius 2 is 1.73 bits per heavy atom. The van der Waals surface area contributed by atoms with Gasteiger partial charge in [-0.3, -0.25) is 19.3 Å². The van der Waals surface area contributed by atoms with Crippen LogP contribution >= 0.6 is 0 Å². The zero-order valence-corrected chi connectivity index (χ0v) is 15.0. The van der Waals surface area contributed by atoms with Crippen molar-refractivity contribution < 1.29 is 22.8 Å². The standard InChI is InChI=1S/C18H16N2O5S/c1-20-17(22)14-7-6-13(9-15(14)18(20)23)19-16(21)12-5-3-4-11(8-12)10-26(2,24)25/h3-9H,10H2,1-2H3,(H,19,21). The van der Waals surface area contributed by atoms with Crippen LogP contribution in [-0.2, 0) is 15.6 Å². The summed E-state index contributed by atoms with van der Waals surface area (Å²) in [6.45, 7) is 0. The van der Waals surface area contributed by atoms with Crippen molar-refractivity contribution in [1.82, 2.24) is 4.90 Å². The lowest BCUT2D eigenvalue weighted by Gasteiger charge is -2.08. The fraction of sp³-hybridized carbons (Fsp3) is 0.167. The van der Waals surface area contributed by atoms with Crippen LogP contribution in [-0.4, -0.2) is 44.3 Å². The number of anilines is 1. The number of imide groups is 1. The summed E-state index contributed by atoms with van der Waals surface area (Å²) in [5, 5.41) is 2.66. The van der Waals surface area contributed by atoms with Crippen LogP contribution < -0.4 is 5.32 Å². The SMILES string of the molecule is CN1C(=O)c2ccc(NC(=O)c3cccc(CS(C)(=O)=O)c3)cc2C1=O. The van der Waals surface area contributed by atoms with Gasteiger partial charge in [-0.2, -0.15) is 0 Å². The Labute approximate surface area is 150 Å². The van der Waals surface area contributed by atoms with Gasteiger partial charge in [0.05, 0.1) is 16.9 Å². The molecule has 1 heterocycles. The highest BCUT2D eigenvalue weighted by Crippen LogP contribution is 2.25. The third kappa shape index (κ3) is 3.50. The number of carbonyl (C=O) groups excluding carboxylic acids is 3. The lowest BCUT2D eigenvalue weighted by Crippen LogP contribution is -2.24. The molecule has 0 aromatic heterocycles. The topological polar surface area (TPSA) is 101 Å². The van der Waals surface area contributed by atoms with Crippen molar-refractivity contribution in [2.45, 2.75) is 5.75 Å². The van der Waals surface area contributed by atoms with E-state index in [1.165, 1.54) is 25.2 Å². The Kier molecular flexibility index (Phi) is 4.37. The van der Waals surface area contributed by atoms with Gasteiger partial charge in [0, 0.05) is 24.6 Å². The van der Waals surface area contributed by atoms with Gasteiger partial charge in [-0.15, -0.1) is 0 Å². The number of nitrogens with zero attached hydrogens (tertiary/aromatic N) is 1. The molecule has 2 aromatic rings. The second-order valence-electron chi connectivity index (χ2n) is 6.15. The van der Waals surface area contributed by atoms with Gasteiger partial charge < -0.3 is 5.32 Å². The third-order valence-electron chi connectivity index (χ3n) is 3.97. The zero-order chi connectivity index (χ0) is 19.1. The number of sulfone groups is 1. The highest BCUT2D eigenvalue weighted by atomic mass is 32.2. The number of benzene rings is 2. The van der Waals surface area contributed by atoms with Crippen LogP contribution in [0.25, 0.3) is 0 Å². The van der Waals surface area contributed by atoms with Crippen LogP contribution in [0, 0.1) is 0 Å². The number of carbonyl (C=O) groups is 3. The molecule has 1 N–H and O–H groups in total. The lowest BCUT2D eigenvalue weighted by atomic mass is 10.1. The minimum absolute atomic E-state index is 0.157. The Balaban J connectivity index is 1.83. The Bertz CT molecular complexity index is 1040. The summed E-state index contributed by atoms with van der Waals surface area (Å²) in [7, 11) is -1.81. The van der Waals surface area contributed by atoms with E-state index in [1.54, 1.807) is 24.3 Å². The van der Waals surface area contributed by atoms with Crippen molar-refractivity contribution in [2.75, 3.05) is 18.6 Å². The lowest BCUT2D eigenvalue weighted by molar-refractivity contribution is 0.0692. The van der Waals surface area contributed by atoms with Crippen molar-refractivity contribution in [3.63, 3.8) is 0 Å². The Morgan fingerprint density at radius 1 is 1.04 bits per heavy atom. The van der Waals surface area contributed by atoms with Crippen molar-refractivity contribution in [2.24, 2.45) is 0 Å². The highest BCUT2D eigenvalue weighted by Gasteiger charge is 2.32. The molecule has 0 aliphatic carbocycles. The zero-order valence-electron chi connectivity index (χ0n) is 14.1. The molecule has 26 heavy (non-hydrogen) atoms. The predicted octanol–water partition coefficient (Wildman–Crippen LogP) is 1.71. The Morgan fingerprint density at radius 3 is 2.42 bits per heavy atom. The van der Waals surface area contributed by atoms with Gasteiger partial charge in [0.25, 0.3) is 17.7 Å². The first-order valence-electron chi connectivity index (χ1n) is 7.70. The minimum Gasteiger partial charge on any atom is -0.322 e. The van der Waals surface area contributed by atoms with E-state index in [4.69, 9.17) is 0 Å². The van der Waals surface area contributed by atoms with E-state index in [9.17, 15) is 22.8 Å². The number of hydrogen-bond acceptors (Lipinski definition) is 5. The maximum atomic E-state index is 12.4. The highest BCUT2D eigenvalue weighted by molar-refractivity contribution is 7.89. The number of nitrogens with one attached hydrogen (secondary N) is 1. The molecule has 0 bridgehead atoms. The van der Waals surface area contributed by atoms with Crippen LogP contribution in [0.5, 0.6) is 0 Å². The number of fused-ring (bicyclic) bond motifs is 1. The van der Waals surface area contributed by atoms with Crippen LogP contribution in [0.3, 0.4) is 0 Å². The number of rotatable bonds is 4. The molecule has 134 valence electrons. The van der Waals surface area contributed by atoms with Gasteiger partial charge in [0.15, 0.2) is 9.84 Å². The molecule has 0 spiro atoms. The van der Waals surface area contributed by atoms with E-state index in [0.717, 1.165) is 11.2 Å². The summed E-state index contributed by atoms with van der Waals surface area (Å²) in [5.41, 5.74) is 1.72. The van der Waals surface area contributed by atoms with Gasteiger partial charge >= 0.3 is 0 Å². The molecule has 1 aliphatic rings. The van der Waals surface area contributed by atoms with E-state index >= 15 is 0 Å². The van der Waals surface area contributed by atoms with Gasteiger partial charge in [-0.05, 0) is 35.9 Å². The molecule has 8 heteroatoms. The molecule has 2 aromatic carbocycles. The van der Waals surface area contributed by atoms with Crippen molar-refractivity contribution >= 4 is 33.2 Å². The first kappa shape index (κ1) is 17.8. The van der Waals surface area contributed by atoms with Gasteiger partial charge in [-0.1, -0.05) is 12.1 Å². The van der Waals surface area contributed by atoms with E-state index in [-0.39, 0.29) is 17.2 Å². The van der Waals surface area contributed by atoms with E-state index in [2.05, 4.69) is 5.32 Å². The van der Waals surface area contributed by atoms with Crippen LogP contribution in [0.2, 0.25) is 0 Å². The summed E-state index contributed by atoms with van der Waals surface area (Å²) >= 11 is 0. The van der Waals surface area contributed by atoms with E-state index in [1.807, 2.05) is 0 Å². The maximum Gasteiger partial charge on any atom is 0.261 e. The molecule has 0 atom stereocenters. The molecular weight excluding hydrogens is 356 g/mol. The normalized spacial score (nSPS) is 13.7. The van der Waals surface area contributed by atoms with Gasteiger partial charge in [-0.25, -0.2) is 8.42 Å². The van der Waals surface area contributed by atoms with Crippen molar-refractivity contribution in [3.8, 4) is 0 Å². The predicted molar refractivity (Wildman–Crippen MR) is 95.8 cm³/mol. The van der Waals surface area contributed by atoms with E-state index in [0.29, 0.717) is 22.4 Å². The average Bonchev–Trinajstić information content (AvgIpc) is 2.78. The third-order valence-corrected chi connectivity index (χ3v) is 4.82. The van der Waals surface area contributed by atoms with Gasteiger partial charge in [0.1, 0.15) is 0 Å². The van der Waals surface area contributed by atoms with Crippen molar-refractivity contribution in [3.05, 3.63) is 64.7 Å². The molecule has 1 aliphatic heterocycles. The van der Waals surface area contributed by atoms with Crippen LogP contribution in [0.1, 0.15) is 36.6 Å². The molecule has 7 nitrogen and oxygen atoms in total. The molecule has 0 radical (unpaired) electrons. The Hall–Kier alpha value is -3.00. The van der Waals surface area contributed by atoms with Crippen LogP contribution in [0.15, 0.2) is 42.5 Å². The second-order valence-corrected chi connectivity index (χ2v) is 8.29. The fourth-order valence-corrected chi connectivity index (χ4v) is 3.53.